The topological polar surface area (TPSA) is 88.2 Å². The highest BCUT2D eigenvalue weighted by molar-refractivity contribution is 5.94. The van der Waals surface area contributed by atoms with Crippen molar-refractivity contribution in [1.29, 1.82) is 0 Å². The SMILES string of the molecule is C=C1CC[C@H]2CC(N3Cc4cnc(Nc5ccc(N6CCN(C)CC6)cc5)nc4N(C)C3=O)CCN2C1=O. The summed E-state index contributed by atoms with van der Waals surface area (Å²) < 4.78 is 0. The maximum atomic E-state index is 13.4. The second-order valence-corrected chi connectivity index (χ2v) is 10.9. The molecule has 10 heteroatoms. The number of nitrogens with one attached hydrogen (secondary N) is 1. The highest BCUT2D eigenvalue weighted by Crippen LogP contribution is 2.35. The van der Waals surface area contributed by atoms with Gasteiger partial charge in [-0.3, -0.25) is 9.69 Å². The van der Waals surface area contributed by atoms with E-state index in [-0.39, 0.29) is 24.0 Å². The number of piperidine rings is 2. The number of anilines is 4. The minimum absolute atomic E-state index is 0.0522. The third kappa shape index (κ3) is 4.57. The number of aromatic nitrogens is 2. The van der Waals surface area contributed by atoms with Crippen LogP contribution in [0.4, 0.5) is 27.9 Å². The van der Waals surface area contributed by atoms with Crippen molar-refractivity contribution in [3.8, 4) is 0 Å². The number of piperazine rings is 1. The predicted molar refractivity (Wildman–Crippen MR) is 148 cm³/mol. The van der Waals surface area contributed by atoms with Crippen molar-refractivity contribution in [2.45, 2.75) is 44.3 Å². The summed E-state index contributed by atoms with van der Waals surface area (Å²) in [6.07, 6.45) is 5.06. The van der Waals surface area contributed by atoms with E-state index < -0.39 is 0 Å². The van der Waals surface area contributed by atoms with Gasteiger partial charge in [0.25, 0.3) is 0 Å². The molecule has 2 aromatic rings. The number of amides is 3. The summed E-state index contributed by atoms with van der Waals surface area (Å²) in [5.41, 5.74) is 3.76. The molecule has 1 aromatic heterocycles. The van der Waals surface area contributed by atoms with Crippen molar-refractivity contribution in [2.75, 3.05) is 61.9 Å². The van der Waals surface area contributed by atoms with Gasteiger partial charge in [0.2, 0.25) is 11.9 Å². The highest BCUT2D eigenvalue weighted by atomic mass is 16.2. The van der Waals surface area contributed by atoms with Crippen LogP contribution in [0.25, 0.3) is 0 Å². The normalized spacial score (nSPS) is 24.4. The molecule has 3 fully saturated rings. The van der Waals surface area contributed by atoms with Crippen LogP contribution in [-0.2, 0) is 11.3 Å². The molecular weight excluding hydrogens is 480 g/mol. The number of carbonyl (C=O) groups is 2. The Morgan fingerprint density at radius 2 is 1.68 bits per heavy atom. The molecule has 0 radical (unpaired) electrons. The van der Waals surface area contributed by atoms with E-state index >= 15 is 0 Å². The average molecular weight is 517 g/mol. The third-order valence-electron chi connectivity index (χ3n) is 8.50. The van der Waals surface area contributed by atoms with E-state index in [2.05, 4.69) is 45.9 Å². The number of urea groups is 1. The summed E-state index contributed by atoms with van der Waals surface area (Å²) in [6.45, 7) is 9.27. The highest BCUT2D eigenvalue weighted by Gasteiger charge is 2.41. The van der Waals surface area contributed by atoms with Gasteiger partial charge in [0.05, 0.1) is 6.54 Å². The van der Waals surface area contributed by atoms with Gasteiger partial charge in [-0.25, -0.2) is 9.78 Å². The Hall–Kier alpha value is -3.66. The van der Waals surface area contributed by atoms with Crippen LogP contribution >= 0.6 is 0 Å². The quantitative estimate of drug-likeness (QED) is 0.625. The molecule has 38 heavy (non-hydrogen) atoms. The van der Waals surface area contributed by atoms with E-state index in [0.717, 1.165) is 63.1 Å². The van der Waals surface area contributed by atoms with Gasteiger partial charge in [0.1, 0.15) is 5.82 Å². The Morgan fingerprint density at radius 1 is 0.947 bits per heavy atom. The first-order valence-electron chi connectivity index (χ1n) is 13.6. The summed E-state index contributed by atoms with van der Waals surface area (Å²) in [7, 11) is 3.93. The Morgan fingerprint density at radius 3 is 2.45 bits per heavy atom. The van der Waals surface area contributed by atoms with Gasteiger partial charge in [-0.05, 0) is 57.0 Å². The van der Waals surface area contributed by atoms with Crippen molar-refractivity contribution in [3.05, 3.63) is 48.2 Å². The molecule has 3 saturated heterocycles. The molecule has 1 aromatic carbocycles. The van der Waals surface area contributed by atoms with E-state index in [1.165, 1.54) is 5.69 Å². The number of carbonyl (C=O) groups excluding carboxylic acids is 2. The molecule has 10 nitrogen and oxygen atoms in total. The molecule has 0 aliphatic carbocycles. The van der Waals surface area contributed by atoms with Gasteiger partial charge < -0.3 is 24.9 Å². The van der Waals surface area contributed by atoms with Crippen molar-refractivity contribution in [2.24, 2.45) is 0 Å². The largest absolute Gasteiger partial charge is 0.369 e. The summed E-state index contributed by atoms with van der Waals surface area (Å²) in [4.78, 5) is 45.4. The summed E-state index contributed by atoms with van der Waals surface area (Å²) in [5.74, 6) is 1.19. The number of hydrogen-bond acceptors (Lipinski definition) is 7. The van der Waals surface area contributed by atoms with E-state index in [9.17, 15) is 9.59 Å². The minimum Gasteiger partial charge on any atom is -0.369 e. The van der Waals surface area contributed by atoms with Crippen molar-refractivity contribution >= 4 is 35.1 Å². The van der Waals surface area contributed by atoms with Crippen LogP contribution in [-0.4, -0.2) is 95.5 Å². The fraction of sp³-hybridized carbons (Fsp3) is 0.500. The van der Waals surface area contributed by atoms with Gasteiger partial charge in [-0.2, -0.15) is 4.98 Å². The van der Waals surface area contributed by atoms with E-state index in [4.69, 9.17) is 4.98 Å². The van der Waals surface area contributed by atoms with E-state index in [1.807, 2.05) is 28.1 Å². The van der Waals surface area contributed by atoms with Crippen LogP contribution in [0, 0.1) is 0 Å². The summed E-state index contributed by atoms with van der Waals surface area (Å²) >= 11 is 0. The Labute approximate surface area is 223 Å². The zero-order valence-corrected chi connectivity index (χ0v) is 22.3. The molecular formula is C28H36N8O2. The number of rotatable bonds is 4. The van der Waals surface area contributed by atoms with Crippen LogP contribution in [0.2, 0.25) is 0 Å². The molecule has 1 N–H and O–H groups in total. The van der Waals surface area contributed by atoms with E-state index in [1.54, 1.807) is 11.9 Å². The molecule has 0 bridgehead atoms. The standard InChI is InChI=1S/C28H36N8O2/c1-19-4-7-23-16-24(10-11-35(23)26(19)37)36-18-20-17-29-27(31-25(20)33(3)28(36)38)30-21-5-8-22(9-6-21)34-14-12-32(2)13-15-34/h5-6,8-9,17,23-24H,1,4,7,10-16,18H2,2-3H3,(H,29,30,31)/t23-,24?/m0/s1. The average Bonchev–Trinajstić information content (AvgIpc) is 2.94. The number of benzene rings is 1. The second kappa shape index (κ2) is 9.90. The zero-order chi connectivity index (χ0) is 26.4. The van der Waals surface area contributed by atoms with Crippen LogP contribution in [0.3, 0.4) is 0 Å². The molecule has 200 valence electrons. The van der Waals surface area contributed by atoms with Crippen molar-refractivity contribution in [3.63, 3.8) is 0 Å². The second-order valence-electron chi connectivity index (χ2n) is 10.9. The Bertz CT molecular complexity index is 1240. The molecule has 4 aliphatic heterocycles. The molecule has 2 atom stereocenters. The number of fused-ring (bicyclic) bond motifs is 2. The molecule has 5 heterocycles. The van der Waals surface area contributed by atoms with E-state index in [0.29, 0.717) is 30.4 Å². The lowest BCUT2D eigenvalue weighted by Gasteiger charge is -2.47. The number of nitrogens with zero attached hydrogens (tertiary/aromatic N) is 7. The third-order valence-corrected chi connectivity index (χ3v) is 8.50. The summed E-state index contributed by atoms with van der Waals surface area (Å²) in [5, 5.41) is 3.29. The smallest absolute Gasteiger partial charge is 0.325 e. The maximum absolute atomic E-state index is 13.4. The number of likely N-dealkylation sites (N-methyl/N-ethyl adjacent to an activating group) is 1. The first-order chi connectivity index (χ1) is 18.4. The molecule has 3 amide bonds. The molecule has 0 spiro atoms. The number of hydrogen-bond donors (Lipinski definition) is 1. The van der Waals surface area contributed by atoms with Crippen molar-refractivity contribution < 1.29 is 9.59 Å². The maximum Gasteiger partial charge on any atom is 0.325 e. The lowest BCUT2D eigenvalue weighted by molar-refractivity contribution is -0.133. The molecule has 1 unspecified atom stereocenters. The van der Waals surface area contributed by atoms with Gasteiger partial charge in [-0.15, -0.1) is 0 Å². The van der Waals surface area contributed by atoms with Gasteiger partial charge in [0, 0.05) is 80.6 Å². The first-order valence-corrected chi connectivity index (χ1v) is 13.6. The predicted octanol–water partition coefficient (Wildman–Crippen LogP) is 3.05. The Balaban J connectivity index is 1.12. The fourth-order valence-corrected chi connectivity index (χ4v) is 6.13. The Kier molecular flexibility index (Phi) is 6.43. The zero-order valence-electron chi connectivity index (χ0n) is 22.3. The monoisotopic (exact) mass is 516 g/mol. The van der Waals surface area contributed by atoms with Crippen LogP contribution < -0.4 is 15.1 Å². The summed E-state index contributed by atoms with van der Waals surface area (Å²) in [6, 6.07) is 8.56. The van der Waals surface area contributed by atoms with Gasteiger partial charge >= 0.3 is 6.03 Å². The van der Waals surface area contributed by atoms with Crippen molar-refractivity contribution in [1.82, 2.24) is 24.7 Å². The molecule has 4 aliphatic rings. The van der Waals surface area contributed by atoms with Crippen LogP contribution in [0.15, 0.2) is 42.6 Å². The molecule has 0 saturated carbocycles. The molecule has 6 rings (SSSR count). The van der Waals surface area contributed by atoms with Crippen LogP contribution in [0.1, 0.15) is 31.2 Å². The van der Waals surface area contributed by atoms with Gasteiger partial charge in [0.15, 0.2) is 0 Å². The van der Waals surface area contributed by atoms with Crippen LogP contribution in [0.5, 0.6) is 0 Å². The fourth-order valence-electron chi connectivity index (χ4n) is 6.13. The minimum atomic E-state index is -0.0522. The lowest BCUT2D eigenvalue weighted by atomic mass is 9.87. The first kappa shape index (κ1) is 24.7. The van der Waals surface area contributed by atoms with Gasteiger partial charge in [-0.1, -0.05) is 6.58 Å². The lowest BCUT2D eigenvalue weighted by Crippen LogP contribution is -2.57.